The highest BCUT2D eigenvalue weighted by atomic mass is 16.5. The standard InChI is InChI=1S/C23H27N7O/c1-14-10-15(13-24-27-14)19-6-7-20(26-23(19)31-3)21-8-9-22(29-28-21)30(2)18-11-16-4-5-17(12-18)25-16/h6-10,13,16-18,25H,4-5,11-12H2,1-3H3. The van der Waals surface area contributed by atoms with E-state index in [0.717, 1.165) is 34.0 Å². The van der Waals surface area contributed by atoms with Gasteiger partial charge in [-0.25, -0.2) is 4.98 Å². The Hall–Kier alpha value is -3.13. The van der Waals surface area contributed by atoms with E-state index in [1.54, 1.807) is 13.3 Å². The Morgan fingerprint density at radius 2 is 1.77 bits per heavy atom. The van der Waals surface area contributed by atoms with Gasteiger partial charge >= 0.3 is 0 Å². The van der Waals surface area contributed by atoms with Crippen LogP contribution < -0.4 is 15.0 Å². The van der Waals surface area contributed by atoms with Gasteiger partial charge in [0.1, 0.15) is 5.69 Å². The topological polar surface area (TPSA) is 89.0 Å². The Morgan fingerprint density at radius 3 is 2.45 bits per heavy atom. The fourth-order valence-corrected chi connectivity index (χ4v) is 4.76. The van der Waals surface area contributed by atoms with Crippen molar-refractivity contribution in [2.24, 2.45) is 0 Å². The molecule has 0 aromatic carbocycles. The molecule has 2 fully saturated rings. The highest BCUT2D eigenvalue weighted by Gasteiger charge is 2.35. The first-order chi connectivity index (χ1) is 15.1. The van der Waals surface area contributed by atoms with Gasteiger partial charge in [0.05, 0.1) is 24.7 Å². The minimum absolute atomic E-state index is 0.508. The smallest absolute Gasteiger partial charge is 0.221 e. The van der Waals surface area contributed by atoms with Crippen molar-refractivity contribution in [1.82, 2.24) is 30.7 Å². The maximum absolute atomic E-state index is 5.55. The van der Waals surface area contributed by atoms with Crippen molar-refractivity contribution in [3.8, 4) is 28.4 Å². The van der Waals surface area contributed by atoms with Crippen molar-refractivity contribution in [3.63, 3.8) is 0 Å². The molecule has 3 aromatic rings. The predicted molar refractivity (Wildman–Crippen MR) is 119 cm³/mol. The molecule has 5 heterocycles. The highest BCUT2D eigenvalue weighted by Crippen LogP contribution is 2.32. The second kappa shape index (κ2) is 8.19. The molecule has 1 N–H and O–H groups in total. The molecule has 0 aliphatic carbocycles. The zero-order valence-electron chi connectivity index (χ0n) is 18.1. The van der Waals surface area contributed by atoms with Crippen LogP contribution in [0, 0.1) is 6.92 Å². The van der Waals surface area contributed by atoms with Gasteiger partial charge in [0.2, 0.25) is 5.88 Å². The molecule has 2 unspecified atom stereocenters. The molecule has 0 spiro atoms. The Morgan fingerprint density at radius 1 is 1.00 bits per heavy atom. The summed E-state index contributed by atoms with van der Waals surface area (Å²) in [5, 5.41) is 20.7. The van der Waals surface area contributed by atoms with Crippen molar-refractivity contribution < 1.29 is 4.74 Å². The number of rotatable bonds is 5. The average molecular weight is 418 g/mol. The lowest BCUT2D eigenvalue weighted by atomic mass is 9.98. The average Bonchev–Trinajstić information content (AvgIpc) is 3.15. The zero-order chi connectivity index (χ0) is 21.4. The number of hydrogen-bond acceptors (Lipinski definition) is 8. The van der Waals surface area contributed by atoms with Crippen LogP contribution in [0.3, 0.4) is 0 Å². The SMILES string of the molecule is COc1nc(-c2ccc(N(C)C3CC4CCC(C3)N4)nn2)ccc1-c1cnnc(C)c1. The number of aromatic nitrogens is 5. The Bertz CT molecular complexity index is 1060. The number of anilines is 1. The van der Waals surface area contributed by atoms with Crippen molar-refractivity contribution in [2.45, 2.75) is 50.7 Å². The summed E-state index contributed by atoms with van der Waals surface area (Å²) in [6.07, 6.45) is 6.63. The van der Waals surface area contributed by atoms with E-state index in [2.05, 4.69) is 42.6 Å². The lowest BCUT2D eigenvalue weighted by molar-refractivity contribution is 0.353. The summed E-state index contributed by atoms with van der Waals surface area (Å²) in [5.74, 6) is 1.43. The molecular weight excluding hydrogens is 390 g/mol. The zero-order valence-corrected chi connectivity index (χ0v) is 18.1. The Balaban J connectivity index is 1.37. The van der Waals surface area contributed by atoms with Crippen LogP contribution >= 0.6 is 0 Å². The molecule has 2 aliphatic heterocycles. The van der Waals surface area contributed by atoms with Crippen LogP contribution in [0.4, 0.5) is 5.82 Å². The third-order valence-electron chi connectivity index (χ3n) is 6.41. The predicted octanol–water partition coefficient (Wildman–Crippen LogP) is 3.03. The van der Waals surface area contributed by atoms with E-state index in [9.17, 15) is 0 Å². The molecule has 3 aromatic heterocycles. The molecular formula is C23H27N7O. The molecule has 5 rings (SSSR count). The fraction of sp³-hybridized carbons (Fsp3) is 0.435. The third-order valence-corrected chi connectivity index (χ3v) is 6.41. The number of methoxy groups -OCH3 is 1. The third kappa shape index (κ3) is 3.95. The van der Waals surface area contributed by atoms with Crippen molar-refractivity contribution in [1.29, 1.82) is 0 Å². The summed E-state index contributed by atoms with van der Waals surface area (Å²) in [5.41, 5.74) is 4.07. The molecule has 31 heavy (non-hydrogen) atoms. The number of ether oxygens (including phenoxy) is 1. The second-order valence-corrected chi connectivity index (χ2v) is 8.49. The minimum atomic E-state index is 0.508. The molecule has 0 radical (unpaired) electrons. The first-order valence-corrected chi connectivity index (χ1v) is 10.8. The van der Waals surface area contributed by atoms with Gasteiger partial charge in [0.15, 0.2) is 5.82 Å². The van der Waals surface area contributed by atoms with Crippen molar-refractivity contribution in [2.75, 3.05) is 19.1 Å². The molecule has 2 saturated heterocycles. The van der Waals surface area contributed by atoms with Gasteiger partial charge in [0, 0.05) is 36.3 Å². The van der Waals surface area contributed by atoms with Crippen LogP contribution in [-0.2, 0) is 0 Å². The van der Waals surface area contributed by atoms with Crippen LogP contribution in [0.1, 0.15) is 31.4 Å². The number of pyridine rings is 1. The Labute approximate surface area is 182 Å². The molecule has 2 aliphatic rings. The number of hydrogen-bond donors (Lipinski definition) is 1. The second-order valence-electron chi connectivity index (χ2n) is 8.49. The van der Waals surface area contributed by atoms with E-state index < -0.39 is 0 Å². The van der Waals surface area contributed by atoms with Gasteiger partial charge in [-0.1, -0.05) is 0 Å². The molecule has 8 nitrogen and oxygen atoms in total. The quantitative estimate of drug-likeness (QED) is 0.678. The van der Waals surface area contributed by atoms with Crippen molar-refractivity contribution >= 4 is 5.82 Å². The number of fused-ring (bicyclic) bond motifs is 2. The van der Waals surface area contributed by atoms with Crippen LogP contribution in [0.2, 0.25) is 0 Å². The summed E-state index contributed by atoms with van der Waals surface area (Å²) in [6.45, 7) is 1.91. The van der Waals surface area contributed by atoms with Gasteiger partial charge < -0.3 is 15.0 Å². The first kappa shape index (κ1) is 19.8. The van der Waals surface area contributed by atoms with Gasteiger partial charge in [0.25, 0.3) is 0 Å². The number of aryl methyl sites for hydroxylation is 1. The first-order valence-electron chi connectivity index (χ1n) is 10.8. The minimum Gasteiger partial charge on any atom is -0.481 e. The molecule has 0 saturated carbocycles. The lowest BCUT2D eigenvalue weighted by Crippen LogP contribution is -2.47. The maximum Gasteiger partial charge on any atom is 0.221 e. The fourth-order valence-electron chi connectivity index (χ4n) is 4.76. The van der Waals surface area contributed by atoms with Crippen LogP contribution in [0.25, 0.3) is 22.5 Å². The van der Waals surface area contributed by atoms with Gasteiger partial charge in [-0.05, 0) is 62.9 Å². The molecule has 8 heteroatoms. The summed E-state index contributed by atoms with van der Waals surface area (Å²) < 4.78 is 5.55. The number of piperidine rings is 1. The lowest BCUT2D eigenvalue weighted by Gasteiger charge is -2.36. The van der Waals surface area contributed by atoms with Gasteiger partial charge in [-0.3, -0.25) is 0 Å². The monoisotopic (exact) mass is 417 g/mol. The molecule has 2 atom stereocenters. The van der Waals surface area contributed by atoms with Crippen LogP contribution in [0.5, 0.6) is 5.88 Å². The maximum atomic E-state index is 5.55. The van der Waals surface area contributed by atoms with Crippen LogP contribution in [-0.4, -0.2) is 57.7 Å². The highest BCUT2D eigenvalue weighted by molar-refractivity contribution is 5.71. The number of nitrogens with one attached hydrogen (secondary N) is 1. The van der Waals surface area contributed by atoms with Gasteiger partial charge in [-0.15, -0.1) is 10.2 Å². The summed E-state index contributed by atoms with van der Waals surface area (Å²) >= 11 is 0. The van der Waals surface area contributed by atoms with Crippen molar-refractivity contribution in [3.05, 3.63) is 42.2 Å². The van der Waals surface area contributed by atoms with Crippen LogP contribution in [0.15, 0.2) is 36.5 Å². The van der Waals surface area contributed by atoms with E-state index in [-0.39, 0.29) is 0 Å². The Kier molecular flexibility index (Phi) is 5.23. The van der Waals surface area contributed by atoms with E-state index >= 15 is 0 Å². The van der Waals surface area contributed by atoms with E-state index in [0.29, 0.717) is 24.0 Å². The summed E-state index contributed by atoms with van der Waals surface area (Å²) in [6, 6.07) is 11.7. The number of nitrogens with zero attached hydrogens (tertiary/aromatic N) is 6. The normalized spacial score (nSPS) is 22.4. The molecule has 160 valence electrons. The molecule has 2 bridgehead atoms. The van der Waals surface area contributed by atoms with Gasteiger partial charge in [-0.2, -0.15) is 10.2 Å². The van der Waals surface area contributed by atoms with E-state index in [4.69, 9.17) is 4.74 Å². The van der Waals surface area contributed by atoms with E-state index in [1.807, 2.05) is 37.3 Å². The summed E-state index contributed by atoms with van der Waals surface area (Å²) in [4.78, 5) is 6.94. The summed E-state index contributed by atoms with van der Waals surface area (Å²) in [7, 11) is 3.74. The van der Waals surface area contributed by atoms with E-state index in [1.165, 1.54) is 25.7 Å². The largest absolute Gasteiger partial charge is 0.481 e. The molecule has 0 amide bonds.